The van der Waals surface area contributed by atoms with Crippen LogP contribution in [0.1, 0.15) is 25.8 Å². The zero-order valence-electron chi connectivity index (χ0n) is 23.8. The number of likely N-dealkylation sites (N-methyl/N-ethyl adjacent to an activating group) is 1. The summed E-state index contributed by atoms with van der Waals surface area (Å²) in [6.07, 6.45) is 3.80. The molecule has 1 aliphatic rings. The zero-order chi connectivity index (χ0) is 29.9. The summed E-state index contributed by atoms with van der Waals surface area (Å²) in [7, 11) is 5.63. The Morgan fingerprint density at radius 3 is 2.63 bits per heavy atom. The number of hydrogen-bond donors (Lipinski definition) is 4. The highest BCUT2D eigenvalue weighted by atomic mass is 35.5. The van der Waals surface area contributed by atoms with E-state index in [1.807, 2.05) is 20.2 Å². The average molecular weight is 584 g/mol. The van der Waals surface area contributed by atoms with Gasteiger partial charge in [-0.2, -0.15) is 4.98 Å². The summed E-state index contributed by atoms with van der Waals surface area (Å²) in [5, 5.41) is 19.6. The number of amides is 1. The lowest BCUT2D eigenvalue weighted by Gasteiger charge is -2.45. The van der Waals surface area contributed by atoms with E-state index in [-0.39, 0.29) is 16.9 Å². The van der Waals surface area contributed by atoms with Crippen molar-refractivity contribution < 1.29 is 19.0 Å². The van der Waals surface area contributed by atoms with Gasteiger partial charge in [0.2, 0.25) is 11.9 Å². The number of nitrogens with zero attached hydrogens (tertiary/aromatic N) is 4. The largest absolute Gasteiger partial charge is 0.494 e. The van der Waals surface area contributed by atoms with Crippen LogP contribution in [-0.4, -0.2) is 66.2 Å². The van der Waals surface area contributed by atoms with Crippen LogP contribution in [0.15, 0.2) is 49.2 Å². The number of ether oxygens (including phenoxy) is 1. The van der Waals surface area contributed by atoms with E-state index in [4.69, 9.17) is 16.3 Å². The van der Waals surface area contributed by atoms with Gasteiger partial charge in [0.25, 0.3) is 0 Å². The van der Waals surface area contributed by atoms with Crippen LogP contribution in [0.2, 0.25) is 5.02 Å². The molecule has 4 N–H and O–H groups in total. The van der Waals surface area contributed by atoms with Gasteiger partial charge in [0.15, 0.2) is 0 Å². The van der Waals surface area contributed by atoms with Crippen molar-refractivity contribution in [3.63, 3.8) is 0 Å². The number of rotatable bonds is 11. The average Bonchev–Trinajstić information content (AvgIpc) is 2.89. The van der Waals surface area contributed by atoms with Crippen molar-refractivity contribution >= 4 is 52.0 Å². The number of nitrogens with one attached hydrogen (secondary N) is 3. The predicted molar refractivity (Wildman–Crippen MR) is 161 cm³/mol. The fraction of sp³-hybridized carbons (Fsp3) is 0.345. The normalized spacial score (nSPS) is 14.9. The Balaban J connectivity index is 1.66. The quantitative estimate of drug-likeness (QED) is 0.224. The Hall–Kier alpha value is -3.93. The molecular formula is C29H35ClFN7O3. The van der Waals surface area contributed by atoms with Crippen molar-refractivity contribution in [1.29, 1.82) is 0 Å². The first-order chi connectivity index (χ1) is 19.4. The maximum absolute atomic E-state index is 14.2. The summed E-state index contributed by atoms with van der Waals surface area (Å²) in [5.74, 6) is 0.160. The molecule has 1 saturated heterocycles. The number of carbonyl (C=O) groups excluding carboxylic acids is 1. The minimum absolute atomic E-state index is 0.0955. The van der Waals surface area contributed by atoms with Crippen molar-refractivity contribution in [3.05, 3.63) is 65.6 Å². The minimum Gasteiger partial charge on any atom is -0.494 e. The van der Waals surface area contributed by atoms with Crippen LogP contribution in [0.4, 0.5) is 38.9 Å². The number of carbonyl (C=O) groups is 1. The summed E-state index contributed by atoms with van der Waals surface area (Å²) < 4.78 is 19.9. The molecule has 1 amide bonds. The molecule has 10 nitrogen and oxygen atoms in total. The second kappa shape index (κ2) is 12.3. The van der Waals surface area contributed by atoms with Crippen molar-refractivity contribution in [2.45, 2.75) is 31.9 Å². The third-order valence-corrected chi connectivity index (χ3v) is 6.96. The van der Waals surface area contributed by atoms with E-state index in [0.717, 1.165) is 25.2 Å². The first-order valence-corrected chi connectivity index (χ1v) is 13.4. The van der Waals surface area contributed by atoms with Gasteiger partial charge >= 0.3 is 0 Å². The highest BCUT2D eigenvalue weighted by molar-refractivity contribution is 6.31. The third-order valence-electron chi connectivity index (χ3n) is 6.67. The van der Waals surface area contributed by atoms with Gasteiger partial charge in [-0.15, -0.1) is 0 Å². The molecule has 4 rings (SSSR count). The Labute approximate surface area is 244 Å². The standard InChI is InChI=1S/C29H35ClFN7O3/c1-7-27(39)34-22-14-23(25(41-6)15-24(22)38-11-9-17(38)16-37(4)5)35-28-32-10-8-26(36-28)33-21-13-19(30)20(31)12-18(21)29(2,3)40/h7-8,10,12-15,17,40H,1,9,11,16H2,2-6H3,(H,34,39)(H2,32,33,35,36). The lowest BCUT2D eigenvalue weighted by molar-refractivity contribution is -0.111. The van der Waals surface area contributed by atoms with Gasteiger partial charge in [0.1, 0.15) is 17.4 Å². The Kier molecular flexibility index (Phi) is 9.01. The van der Waals surface area contributed by atoms with E-state index in [1.165, 1.54) is 18.2 Å². The van der Waals surface area contributed by atoms with Crippen LogP contribution < -0.4 is 25.6 Å². The smallest absolute Gasteiger partial charge is 0.247 e. The fourth-order valence-electron chi connectivity index (χ4n) is 4.63. The Morgan fingerprint density at radius 2 is 2.02 bits per heavy atom. The van der Waals surface area contributed by atoms with Gasteiger partial charge in [0.05, 0.1) is 34.8 Å². The molecule has 0 bridgehead atoms. The molecule has 1 aliphatic heterocycles. The highest BCUT2D eigenvalue weighted by Gasteiger charge is 2.31. The van der Waals surface area contributed by atoms with Crippen LogP contribution in [-0.2, 0) is 10.4 Å². The van der Waals surface area contributed by atoms with E-state index in [1.54, 1.807) is 39.3 Å². The molecule has 0 saturated carbocycles. The molecule has 2 heterocycles. The van der Waals surface area contributed by atoms with Crippen LogP contribution in [0.5, 0.6) is 5.75 Å². The zero-order valence-corrected chi connectivity index (χ0v) is 24.5. The van der Waals surface area contributed by atoms with E-state index in [0.29, 0.717) is 40.2 Å². The third kappa shape index (κ3) is 7.05. The lowest BCUT2D eigenvalue weighted by atomic mass is 9.96. The number of methoxy groups -OCH3 is 1. The van der Waals surface area contributed by atoms with Crippen molar-refractivity contribution in [2.75, 3.05) is 55.1 Å². The molecule has 3 aromatic rings. The van der Waals surface area contributed by atoms with E-state index in [2.05, 4.69) is 42.3 Å². The molecule has 0 spiro atoms. The highest BCUT2D eigenvalue weighted by Crippen LogP contribution is 2.41. The molecule has 0 radical (unpaired) electrons. The second-order valence-corrected chi connectivity index (χ2v) is 11.0. The second-order valence-electron chi connectivity index (χ2n) is 10.5. The Bertz CT molecular complexity index is 1440. The van der Waals surface area contributed by atoms with Gasteiger partial charge in [-0.25, -0.2) is 9.37 Å². The number of anilines is 6. The van der Waals surface area contributed by atoms with E-state index in [9.17, 15) is 14.3 Å². The van der Waals surface area contributed by atoms with Gasteiger partial charge in [-0.3, -0.25) is 4.79 Å². The molecule has 1 unspecified atom stereocenters. The van der Waals surface area contributed by atoms with Crippen molar-refractivity contribution in [2.24, 2.45) is 0 Å². The number of benzene rings is 2. The van der Waals surface area contributed by atoms with Gasteiger partial charge in [0, 0.05) is 42.6 Å². The monoisotopic (exact) mass is 583 g/mol. The molecule has 2 aromatic carbocycles. The van der Waals surface area contributed by atoms with Gasteiger partial charge in [-0.05, 0) is 64.7 Å². The SMILES string of the molecule is C=CC(=O)Nc1cc(Nc2nccc(Nc3cc(Cl)c(F)cc3C(C)(C)O)n2)c(OC)cc1N1CCC1CN(C)C. The number of aromatic nitrogens is 2. The fourth-order valence-corrected chi connectivity index (χ4v) is 4.79. The van der Waals surface area contributed by atoms with Crippen LogP contribution in [0, 0.1) is 5.82 Å². The summed E-state index contributed by atoms with van der Waals surface area (Å²) in [4.78, 5) is 25.5. The Morgan fingerprint density at radius 1 is 1.27 bits per heavy atom. The lowest BCUT2D eigenvalue weighted by Crippen LogP contribution is -2.53. The molecule has 41 heavy (non-hydrogen) atoms. The summed E-state index contributed by atoms with van der Waals surface area (Å²) in [6, 6.07) is 8.17. The molecule has 1 atom stereocenters. The topological polar surface area (TPSA) is 115 Å². The van der Waals surface area contributed by atoms with Crippen LogP contribution >= 0.6 is 11.6 Å². The van der Waals surface area contributed by atoms with Crippen LogP contribution in [0.3, 0.4) is 0 Å². The molecule has 218 valence electrons. The van der Waals surface area contributed by atoms with E-state index < -0.39 is 11.4 Å². The first kappa shape index (κ1) is 30.0. The van der Waals surface area contributed by atoms with E-state index >= 15 is 0 Å². The molecular weight excluding hydrogens is 549 g/mol. The number of hydrogen-bond acceptors (Lipinski definition) is 9. The summed E-state index contributed by atoms with van der Waals surface area (Å²) in [5.41, 5.74) is 1.32. The summed E-state index contributed by atoms with van der Waals surface area (Å²) >= 11 is 6.02. The molecule has 12 heteroatoms. The maximum atomic E-state index is 14.2. The first-order valence-electron chi connectivity index (χ1n) is 13.1. The predicted octanol–water partition coefficient (Wildman–Crippen LogP) is 5.26. The van der Waals surface area contributed by atoms with Gasteiger partial charge in [-0.1, -0.05) is 18.2 Å². The molecule has 1 fully saturated rings. The molecule has 0 aliphatic carbocycles. The van der Waals surface area contributed by atoms with Gasteiger partial charge < -0.3 is 35.6 Å². The van der Waals surface area contributed by atoms with Crippen molar-refractivity contribution in [3.8, 4) is 5.75 Å². The van der Waals surface area contributed by atoms with Crippen molar-refractivity contribution in [1.82, 2.24) is 14.9 Å². The number of aliphatic hydroxyl groups is 1. The van der Waals surface area contributed by atoms with Crippen LogP contribution in [0.25, 0.3) is 0 Å². The molecule has 1 aromatic heterocycles. The summed E-state index contributed by atoms with van der Waals surface area (Å²) in [6.45, 7) is 8.40. The maximum Gasteiger partial charge on any atom is 0.247 e. The minimum atomic E-state index is -1.34. The number of halogens is 2.